The molecular weight excluding hydrogens is 302 g/mol. The molecule has 114 valence electrons. The molecule has 0 atom stereocenters. The van der Waals surface area contributed by atoms with E-state index in [1.807, 2.05) is 6.07 Å². The summed E-state index contributed by atoms with van der Waals surface area (Å²) in [5.74, 6) is 4.70. The zero-order chi connectivity index (χ0) is 15.7. The van der Waals surface area contributed by atoms with Gasteiger partial charge in [-0.2, -0.15) is 4.83 Å². The summed E-state index contributed by atoms with van der Waals surface area (Å²) in [7, 11) is -3.90. The number of sulfonamides is 1. The maximum Gasteiger partial charge on any atom is 0.253 e. The van der Waals surface area contributed by atoms with Crippen molar-refractivity contribution in [3.63, 3.8) is 0 Å². The number of anilines is 1. The highest BCUT2D eigenvalue weighted by Gasteiger charge is 2.22. The molecule has 7 heteroatoms. The Balaban J connectivity index is 2.07. The zero-order valence-corrected chi connectivity index (χ0v) is 12.5. The van der Waals surface area contributed by atoms with Gasteiger partial charge in [-0.1, -0.05) is 24.3 Å². The van der Waals surface area contributed by atoms with E-state index in [-0.39, 0.29) is 16.2 Å². The van der Waals surface area contributed by atoms with E-state index in [9.17, 15) is 13.2 Å². The Hall–Kier alpha value is -2.22. The molecule has 0 spiro atoms. The van der Waals surface area contributed by atoms with Crippen LogP contribution in [0.2, 0.25) is 0 Å². The van der Waals surface area contributed by atoms with Crippen molar-refractivity contribution in [2.75, 3.05) is 11.9 Å². The number of carbonyl (C=O) groups excluding carboxylic acids is 1. The molecule has 0 unspecified atom stereocenters. The van der Waals surface area contributed by atoms with E-state index in [1.54, 1.807) is 29.1 Å². The Morgan fingerprint density at radius 2 is 1.95 bits per heavy atom. The third kappa shape index (κ3) is 2.50. The van der Waals surface area contributed by atoms with Crippen LogP contribution in [-0.4, -0.2) is 20.7 Å². The lowest BCUT2D eigenvalue weighted by atomic mass is 10.0. The van der Waals surface area contributed by atoms with E-state index in [0.717, 1.165) is 24.2 Å². The number of ketones is 1. The predicted molar refractivity (Wildman–Crippen MR) is 83.0 cm³/mol. The molecule has 0 saturated carbocycles. The highest BCUT2D eigenvalue weighted by Crippen LogP contribution is 2.26. The average molecular weight is 317 g/mol. The van der Waals surface area contributed by atoms with Crippen molar-refractivity contribution in [2.45, 2.75) is 11.3 Å². The van der Waals surface area contributed by atoms with Gasteiger partial charge in [0.1, 0.15) is 0 Å². The Labute approximate surface area is 128 Å². The summed E-state index contributed by atoms with van der Waals surface area (Å²) in [6, 6.07) is 11.4. The van der Waals surface area contributed by atoms with Crippen molar-refractivity contribution >= 4 is 21.5 Å². The van der Waals surface area contributed by atoms with Crippen LogP contribution < -0.4 is 16.0 Å². The number of hydrazine groups is 1. The monoisotopic (exact) mass is 317 g/mol. The Kier molecular flexibility index (Phi) is 3.69. The van der Waals surface area contributed by atoms with E-state index in [2.05, 4.69) is 5.32 Å². The molecular formula is C15H15N3O3S. The van der Waals surface area contributed by atoms with Crippen LogP contribution in [0, 0.1) is 0 Å². The molecule has 0 fully saturated rings. The van der Waals surface area contributed by atoms with Gasteiger partial charge in [0, 0.05) is 23.4 Å². The fourth-order valence-electron chi connectivity index (χ4n) is 2.54. The first-order valence-corrected chi connectivity index (χ1v) is 8.24. The second kappa shape index (κ2) is 5.53. The summed E-state index contributed by atoms with van der Waals surface area (Å²) in [5, 5.41) is 3.20. The summed E-state index contributed by atoms with van der Waals surface area (Å²) in [6.07, 6.45) is 0.922. The Morgan fingerprint density at radius 1 is 1.18 bits per heavy atom. The quantitative estimate of drug-likeness (QED) is 0.444. The molecule has 0 aliphatic carbocycles. The molecule has 1 aliphatic rings. The van der Waals surface area contributed by atoms with Crippen molar-refractivity contribution in [2.24, 2.45) is 5.84 Å². The Bertz CT molecular complexity index is 847. The molecule has 0 amide bonds. The molecule has 0 aromatic heterocycles. The normalized spacial score (nSPS) is 13.5. The second-order valence-electron chi connectivity index (χ2n) is 5.00. The molecule has 2 aromatic rings. The van der Waals surface area contributed by atoms with Gasteiger partial charge in [0.15, 0.2) is 5.78 Å². The van der Waals surface area contributed by atoms with Crippen LogP contribution in [-0.2, 0) is 16.4 Å². The highest BCUT2D eigenvalue weighted by molar-refractivity contribution is 7.89. The van der Waals surface area contributed by atoms with E-state index in [4.69, 9.17) is 5.84 Å². The predicted octanol–water partition coefficient (Wildman–Crippen LogP) is 1.04. The van der Waals surface area contributed by atoms with Gasteiger partial charge < -0.3 is 5.32 Å². The largest absolute Gasteiger partial charge is 0.384 e. The molecule has 0 saturated heterocycles. The fraction of sp³-hybridized carbons (Fsp3) is 0.133. The van der Waals surface area contributed by atoms with Crippen LogP contribution in [0.5, 0.6) is 0 Å². The number of fused-ring (bicyclic) bond motifs is 1. The van der Waals surface area contributed by atoms with Gasteiger partial charge in [0.05, 0.1) is 4.90 Å². The first-order chi connectivity index (χ1) is 10.5. The van der Waals surface area contributed by atoms with Crippen LogP contribution >= 0.6 is 0 Å². The third-order valence-electron chi connectivity index (χ3n) is 3.66. The van der Waals surface area contributed by atoms with Crippen LogP contribution in [0.4, 0.5) is 5.69 Å². The van der Waals surface area contributed by atoms with E-state index in [0.29, 0.717) is 5.56 Å². The maximum atomic E-state index is 12.7. The van der Waals surface area contributed by atoms with E-state index in [1.165, 1.54) is 12.1 Å². The lowest BCUT2D eigenvalue weighted by Gasteiger charge is -2.09. The topological polar surface area (TPSA) is 101 Å². The van der Waals surface area contributed by atoms with Gasteiger partial charge in [-0.25, -0.2) is 8.42 Å². The molecule has 1 heterocycles. The second-order valence-corrected chi connectivity index (χ2v) is 6.68. The lowest BCUT2D eigenvalue weighted by molar-refractivity contribution is 0.103. The van der Waals surface area contributed by atoms with Crippen LogP contribution in [0.1, 0.15) is 21.5 Å². The van der Waals surface area contributed by atoms with Gasteiger partial charge in [0.2, 0.25) is 0 Å². The summed E-state index contributed by atoms with van der Waals surface area (Å²) in [5.41, 5.74) is 2.61. The van der Waals surface area contributed by atoms with E-state index < -0.39 is 10.0 Å². The molecule has 0 radical (unpaired) electrons. The zero-order valence-electron chi connectivity index (χ0n) is 11.7. The van der Waals surface area contributed by atoms with Crippen LogP contribution in [0.25, 0.3) is 0 Å². The number of carbonyl (C=O) groups is 1. The first-order valence-electron chi connectivity index (χ1n) is 6.76. The van der Waals surface area contributed by atoms with Crippen molar-refractivity contribution in [1.82, 2.24) is 4.83 Å². The molecule has 22 heavy (non-hydrogen) atoms. The van der Waals surface area contributed by atoms with Crippen molar-refractivity contribution < 1.29 is 13.2 Å². The minimum atomic E-state index is -3.90. The molecule has 4 N–H and O–H groups in total. The summed E-state index contributed by atoms with van der Waals surface area (Å²) < 4.78 is 23.9. The minimum Gasteiger partial charge on any atom is -0.384 e. The average Bonchev–Trinajstić information content (AvgIpc) is 3.01. The van der Waals surface area contributed by atoms with E-state index >= 15 is 0 Å². The van der Waals surface area contributed by atoms with Crippen molar-refractivity contribution in [3.05, 3.63) is 59.2 Å². The van der Waals surface area contributed by atoms with Crippen molar-refractivity contribution in [1.29, 1.82) is 0 Å². The Morgan fingerprint density at radius 3 is 2.73 bits per heavy atom. The minimum absolute atomic E-state index is 0.0957. The van der Waals surface area contributed by atoms with Gasteiger partial charge in [0.25, 0.3) is 10.0 Å². The number of benzene rings is 2. The summed E-state index contributed by atoms with van der Waals surface area (Å²) in [6.45, 7) is 0.842. The standard InChI is InChI=1S/C15H15N3O3S/c16-18-22(20,21)14-4-2-1-3-12(14)15(19)11-6-5-10-7-8-17-13(10)9-11/h1-6,9,17-18H,7-8,16H2. The van der Waals surface area contributed by atoms with Gasteiger partial charge in [-0.05, 0) is 30.2 Å². The smallest absolute Gasteiger partial charge is 0.253 e. The summed E-state index contributed by atoms with van der Waals surface area (Å²) in [4.78, 5) is 14.3. The number of nitrogens with two attached hydrogens (primary N) is 1. The maximum absolute atomic E-state index is 12.7. The first kappa shape index (κ1) is 14.7. The molecule has 6 nitrogen and oxygen atoms in total. The number of rotatable bonds is 4. The SMILES string of the molecule is NNS(=O)(=O)c1ccccc1C(=O)c1ccc2c(c1)NCC2. The molecule has 2 aromatic carbocycles. The fourth-order valence-corrected chi connectivity index (χ4v) is 3.37. The number of hydrogen-bond donors (Lipinski definition) is 3. The van der Waals surface area contributed by atoms with Gasteiger partial charge >= 0.3 is 0 Å². The lowest BCUT2D eigenvalue weighted by Crippen LogP contribution is -2.31. The number of hydrogen-bond acceptors (Lipinski definition) is 5. The van der Waals surface area contributed by atoms with Gasteiger partial charge in [-0.15, -0.1) is 0 Å². The van der Waals surface area contributed by atoms with Gasteiger partial charge in [-0.3, -0.25) is 10.6 Å². The summed E-state index contributed by atoms with van der Waals surface area (Å²) >= 11 is 0. The third-order valence-corrected chi connectivity index (χ3v) is 4.90. The number of nitrogens with one attached hydrogen (secondary N) is 2. The highest BCUT2D eigenvalue weighted by atomic mass is 32.2. The molecule has 0 bridgehead atoms. The van der Waals surface area contributed by atoms with Crippen LogP contribution in [0.15, 0.2) is 47.4 Å². The molecule has 3 rings (SSSR count). The van der Waals surface area contributed by atoms with Crippen molar-refractivity contribution in [3.8, 4) is 0 Å². The molecule has 1 aliphatic heterocycles. The van der Waals surface area contributed by atoms with Crippen LogP contribution in [0.3, 0.4) is 0 Å².